The van der Waals surface area contributed by atoms with Crippen LogP contribution in [0, 0.1) is 6.92 Å². The molecule has 0 atom stereocenters. The van der Waals surface area contributed by atoms with Crippen LogP contribution in [-0.4, -0.2) is 24.3 Å². The van der Waals surface area contributed by atoms with Crippen LogP contribution in [0.1, 0.15) is 47.5 Å². The van der Waals surface area contributed by atoms with Crippen molar-refractivity contribution in [2.24, 2.45) is 0 Å². The largest absolute Gasteiger partial charge is 0.339 e. The van der Waals surface area contributed by atoms with E-state index in [2.05, 4.69) is 14.9 Å². The Bertz CT molecular complexity index is 1160. The number of aromatic nitrogens is 2. The number of ketones is 1. The number of carbonyl (C=O) groups is 1. The van der Waals surface area contributed by atoms with Gasteiger partial charge in [0.1, 0.15) is 0 Å². The summed E-state index contributed by atoms with van der Waals surface area (Å²) in [6, 6.07) is 11.4. The molecule has 3 aromatic rings. The lowest BCUT2D eigenvalue weighted by molar-refractivity contribution is 0.101. The minimum Gasteiger partial charge on any atom is -0.339 e. The molecule has 144 valence electrons. The number of anilines is 1. The zero-order valence-electron chi connectivity index (χ0n) is 15.5. The van der Waals surface area contributed by atoms with Crippen LogP contribution < -0.4 is 4.72 Å². The Morgan fingerprint density at radius 3 is 2.68 bits per heavy atom. The summed E-state index contributed by atoms with van der Waals surface area (Å²) in [6.07, 6.45) is 2.08. The van der Waals surface area contributed by atoms with Crippen molar-refractivity contribution in [2.45, 2.75) is 37.5 Å². The summed E-state index contributed by atoms with van der Waals surface area (Å²) in [5.74, 6) is 1.16. The van der Waals surface area contributed by atoms with Crippen molar-refractivity contribution in [2.75, 3.05) is 4.72 Å². The predicted molar refractivity (Wildman–Crippen MR) is 104 cm³/mol. The number of carbonyl (C=O) groups excluding carboxylic acids is 1. The van der Waals surface area contributed by atoms with Crippen LogP contribution in [0.4, 0.5) is 5.69 Å². The molecule has 0 radical (unpaired) electrons. The van der Waals surface area contributed by atoms with Gasteiger partial charge in [-0.05, 0) is 50.5 Å². The lowest BCUT2D eigenvalue weighted by atomic mass is 10.1. The van der Waals surface area contributed by atoms with Gasteiger partial charge < -0.3 is 4.52 Å². The number of nitrogens with one attached hydrogen (secondary N) is 1. The Balaban J connectivity index is 1.66. The van der Waals surface area contributed by atoms with Crippen molar-refractivity contribution in [3.63, 3.8) is 0 Å². The molecule has 4 rings (SSSR count). The number of sulfonamides is 1. The van der Waals surface area contributed by atoms with Crippen molar-refractivity contribution in [3.8, 4) is 11.4 Å². The first kappa shape index (κ1) is 18.4. The highest BCUT2D eigenvalue weighted by Gasteiger charge is 2.30. The van der Waals surface area contributed by atoms with E-state index in [0.29, 0.717) is 40.0 Å². The minimum absolute atomic E-state index is 0.121. The number of benzene rings is 2. The third kappa shape index (κ3) is 3.68. The maximum absolute atomic E-state index is 13.0. The van der Waals surface area contributed by atoms with Gasteiger partial charge in [-0.2, -0.15) is 4.98 Å². The van der Waals surface area contributed by atoms with Crippen LogP contribution in [0.2, 0.25) is 0 Å². The molecule has 2 aromatic carbocycles. The van der Waals surface area contributed by atoms with Gasteiger partial charge in [0.15, 0.2) is 5.78 Å². The molecule has 1 saturated carbocycles. The van der Waals surface area contributed by atoms with Crippen LogP contribution in [0.3, 0.4) is 0 Å². The highest BCUT2D eigenvalue weighted by Crippen LogP contribution is 2.39. The summed E-state index contributed by atoms with van der Waals surface area (Å²) >= 11 is 0. The van der Waals surface area contributed by atoms with Crippen molar-refractivity contribution in [1.29, 1.82) is 0 Å². The number of Topliss-reactive ketones (excluding diaryl/α,β-unsaturated/α-hetero) is 1. The number of hydrogen-bond donors (Lipinski definition) is 1. The Hall–Kier alpha value is -3.00. The van der Waals surface area contributed by atoms with E-state index in [1.54, 1.807) is 37.3 Å². The van der Waals surface area contributed by atoms with Gasteiger partial charge in [-0.15, -0.1) is 0 Å². The van der Waals surface area contributed by atoms with E-state index < -0.39 is 10.0 Å². The molecule has 1 aromatic heterocycles. The molecule has 1 aliphatic carbocycles. The van der Waals surface area contributed by atoms with Gasteiger partial charge in [-0.1, -0.05) is 29.4 Å². The van der Waals surface area contributed by atoms with E-state index >= 15 is 0 Å². The zero-order chi connectivity index (χ0) is 19.9. The van der Waals surface area contributed by atoms with E-state index in [9.17, 15) is 13.2 Å². The number of aryl methyl sites for hydroxylation is 1. The monoisotopic (exact) mass is 397 g/mol. The standard InChI is InChI=1S/C20H19N3O4S/c1-12-6-7-16(19-21-20(27-22-19)14-8-9-14)11-18(12)28(25,26)23-17-5-3-4-15(10-17)13(2)24/h3-7,10-11,14,23H,8-9H2,1-2H3. The summed E-state index contributed by atoms with van der Waals surface area (Å²) in [6.45, 7) is 3.15. The van der Waals surface area contributed by atoms with Gasteiger partial charge in [0.05, 0.1) is 4.90 Å². The highest BCUT2D eigenvalue weighted by atomic mass is 32.2. The van der Waals surface area contributed by atoms with Crippen molar-refractivity contribution in [3.05, 3.63) is 59.5 Å². The highest BCUT2D eigenvalue weighted by molar-refractivity contribution is 7.92. The number of rotatable bonds is 6. The molecule has 0 amide bonds. The molecule has 0 bridgehead atoms. The molecule has 8 heteroatoms. The number of nitrogens with zero attached hydrogens (tertiary/aromatic N) is 2. The summed E-state index contributed by atoms with van der Waals surface area (Å²) in [5, 5.41) is 3.98. The Labute approximate surface area is 162 Å². The molecule has 0 spiro atoms. The smallest absolute Gasteiger partial charge is 0.262 e. The number of hydrogen-bond acceptors (Lipinski definition) is 6. The van der Waals surface area contributed by atoms with Crippen LogP contribution in [-0.2, 0) is 10.0 Å². The average molecular weight is 397 g/mol. The first-order chi connectivity index (χ1) is 13.3. The second-order valence-electron chi connectivity index (χ2n) is 6.95. The van der Waals surface area contributed by atoms with Gasteiger partial charge in [-0.3, -0.25) is 9.52 Å². The second kappa shape index (κ2) is 6.87. The van der Waals surface area contributed by atoms with Crippen LogP contribution >= 0.6 is 0 Å². The molecule has 1 N–H and O–H groups in total. The van der Waals surface area contributed by atoms with E-state index in [4.69, 9.17) is 4.52 Å². The van der Waals surface area contributed by atoms with Gasteiger partial charge in [0.2, 0.25) is 11.7 Å². The normalized spacial score (nSPS) is 14.1. The quantitative estimate of drug-likeness (QED) is 0.632. The van der Waals surface area contributed by atoms with Gasteiger partial charge in [0.25, 0.3) is 10.0 Å². The predicted octanol–water partition coefficient (Wildman–Crippen LogP) is 3.93. The molecule has 1 heterocycles. The first-order valence-electron chi connectivity index (χ1n) is 8.92. The summed E-state index contributed by atoms with van der Waals surface area (Å²) < 4.78 is 33.7. The summed E-state index contributed by atoms with van der Waals surface area (Å²) in [7, 11) is -3.86. The fraction of sp³-hybridized carbons (Fsp3) is 0.250. The lowest BCUT2D eigenvalue weighted by Gasteiger charge is -2.12. The fourth-order valence-corrected chi connectivity index (χ4v) is 4.21. The van der Waals surface area contributed by atoms with Gasteiger partial charge in [-0.25, -0.2) is 8.42 Å². The Kier molecular flexibility index (Phi) is 4.50. The molecule has 28 heavy (non-hydrogen) atoms. The van der Waals surface area contributed by atoms with Crippen molar-refractivity contribution in [1.82, 2.24) is 10.1 Å². The molecule has 0 saturated heterocycles. The average Bonchev–Trinajstić information content (AvgIpc) is 3.39. The Morgan fingerprint density at radius 2 is 1.96 bits per heavy atom. The van der Waals surface area contributed by atoms with Crippen molar-refractivity contribution < 1.29 is 17.7 Å². The van der Waals surface area contributed by atoms with Gasteiger partial charge in [0, 0.05) is 22.7 Å². The third-order valence-corrected chi connectivity index (χ3v) is 6.15. The van der Waals surface area contributed by atoms with Crippen LogP contribution in [0.25, 0.3) is 11.4 Å². The first-order valence-corrected chi connectivity index (χ1v) is 10.4. The lowest BCUT2D eigenvalue weighted by Crippen LogP contribution is -2.14. The SMILES string of the molecule is CC(=O)c1cccc(NS(=O)(=O)c2cc(-c3noc(C4CC4)n3)ccc2C)c1. The Morgan fingerprint density at radius 1 is 1.18 bits per heavy atom. The van der Waals surface area contributed by atoms with Gasteiger partial charge >= 0.3 is 0 Å². The topological polar surface area (TPSA) is 102 Å². The van der Waals surface area contributed by atoms with Crippen LogP contribution in [0.5, 0.6) is 0 Å². The summed E-state index contributed by atoms with van der Waals surface area (Å²) in [4.78, 5) is 16.0. The van der Waals surface area contributed by atoms with E-state index in [0.717, 1.165) is 12.8 Å². The molecular formula is C20H19N3O4S. The molecule has 0 unspecified atom stereocenters. The van der Waals surface area contributed by atoms with E-state index in [1.165, 1.54) is 19.1 Å². The van der Waals surface area contributed by atoms with Crippen LogP contribution in [0.15, 0.2) is 51.9 Å². The van der Waals surface area contributed by atoms with E-state index in [-0.39, 0.29) is 10.7 Å². The maximum Gasteiger partial charge on any atom is 0.262 e. The van der Waals surface area contributed by atoms with Crippen molar-refractivity contribution >= 4 is 21.5 Å². The third-order valence-electron chi connectivity index (χ3n) is 4.63. The second-order valence-corrected chi connectivity index (χ2v) is 8.60. The fourth-order valence-electron chi connectivity index (χ4n) is 2.89. The molecule has 1 aliphatic rings. The molecule has 0 aliphatic heterocycles. The molecule has 1 fully saturated rings. The maximum atomic E-state index is 13.0. The zero-order valence-corrected chi connectivity index (χ0v) is 16.3. The summed E-state index contributed by atoms with van der Waals surface area (Å²) in [5.41, 5.74) is 1.92. The molecular weight excluding hydrogens is 378 g/mol. The molecule has 7 nitrogen and oxygen atoms in total. The van der Waals surface area contributed by atoms with E-state index in [1.807, 2.05) is 0 Å². The minimum atomic E-state index is -3.86.